The molecule has 3 unspecified atom stereocenters. The summed E-state index contributed by atoms with van der Waals surface area (Å²) in [4.78, 5) is 64.8. The number of amides is 4. The predicted octanol–water partition coefficient (Wildman–Crippen LogP) is 5.06. The number of aliphatic hydroxyl groups excluding tert-OH is 1. The van der Waals surface area contributed by atoms with Crippen molar-refractivity contribution < 1.29 is 33.8 Å². The number of nitrogens with zero attached hydrogens (tertiary/aromatic N) is 3. The molecule has 15 nitrogen and oxygen atoms in total. The monoisotopic (exact) mass is 762 g/mol. The molecule has 0 spiro atoms. The van der Waals surface area contributed by atoms with Gasteiger partial charge in [-0.2, -0.15) is 0 Å². The largest absolute Gasteiger partial charge is 0.453 e. The van der Waals surface area contributed by atoms with Gasteiger partial charge in [0.2, 0.25) is 11.8 Å². The number of aromatic nitrogens is 4. The maximum atomic E-state index is 13.4. The highest BCUT2D eigenvalue weighted by Gasteiger charge is 2.51. The van der Waals surface area contributed by atoms with Crippen LogP contribution in [0.4, 0.5) is 9.59 Å². The summed E-state index contributed by atoms with van der Waals surface area (Å²) in [6.45, 7) is 4.76. The van der Waals surface area contributed by atoms with E-state index in [9.17, 15) is 24.3 Å². The highest BCUT2D eigenvalue weighted by Crippen LogP contribution is 2.58. The molecule has 15 heteroatoms. The molecule has 4 fully saturated rings. The van der Waals surface area contributed by atoms with E-state index in [4.69, 9.17) is 9.72 Å². The van der Waals surface area contributed by atoms with Crippen LogP contribution in [0.2, 0.25) is 0 Å². The van der Waals surface area contributed by atoms with Gasteiger partial charge in [0.15, 0.2) is 0 Å². The summed E-state index contributed by atoms with van der Waals surface area (Å²) in [5, 5.41) is 14.9. The second kappa shape index (κ2) is 18.6. The minimum atomic E-state index is -0.745. The van der Waals surface area contributed by atoms with E-state index < -0.39 is 24.3 Å². The summed E-state index contributed by atoms with van der Waals surface area (Å²) >= 11 is 0. The number of rotatable bonds is 14. The Hall–Kier alpha value is -4.92. The Morgan fingerprint density at radius 3 is 2.27 bits per heavy atom. The molecular formula is C40H58N8O7. The molecule has 7 rings (SSSR count). The van der Waals surface area contributed by atoms with Crippen molar-refractivity contribution in [1.29, 1.82) is 0 Å². The number of hydrogen-bond acceptors (Lipinski definition) is 9. The molecule has 2 bridgehead atoms. The van der Waals surface area contributed by atoms with Gasteiger partial charge in [-0.05, 0) is 94.1 Å². The van der Waals surface area contributed by atoms with Crippen molar-refractivity contribution in [3.8, 4) is 11.3 Å². The summed E-state index contributed by atoms with van der Waals surface area (Å²) in [7, 11) is 2.53. The van der Waals surface area contributed by atoms with Crippen molar-refractivity contribution in [3.05, 3.63) is 59.6 Å². The van der Waals surface area contributed by atoms with Gasteiger partial charge in [-0.1, -0.05) is 31.2 Å². The molecule has 3 aromatic rings. The SMILES string of the molecule is CCC(NC(=O)OC)C(=O)N1CCCC1c1ncc(C23CCC(c4ccc(-c5cnc(CCCCNC(=O)CC(C)O)[nH]5)cc4)(CC2)CC3)[nH]1.COC(N)=O. The molecule has 1 aromatic carbocycles. The number of aryl methyl sites for hydroxylation is 1. The van der Waals surface area contributed by atoms with E-state index in [0.717, 1.165) is 93.5 Å². The van der Waals surface area contributed by atoms with Gasteiger partial charge in [0.05, 0.1) is 44.7 Å². The van der Waals surface area contributed by atoms with Gasteiger partial charge < -0.3 is 45.8 Å². The highest BCUT2D eigenvalue weighted by molar-refractivity contribution is 5.86. The van der Waals surface area contributed by atoms with E-state index in [0.29, 0.717) is 19.5 Å². The van der Waals surface area contributed by atoms with Gasteiger partial charge in [-0.3, -0.25) is 9.59 Å². The first-order valence-corrected chi connectivity index (χ1v) is 19.6. The Balaban J connectivity index is 0.00000109. The maximum Gasteiger partial charge on any atom is 0.407 e. The lowest BCUT2D eigenvalue weighted by Gasteiger charge is -2.53. The average molecular weight is 763 g/mol. The van der Waals surface area contributed by atoms with Crippen LogP contribution in [-0.4, -0.2) is 93.4 Å². The zero-order valence-electron chi connectivity index (χ0n) is 32.6. The van der Waals surface area contributed by atoms with Gasteiger partial charge in [0.1, 0.15) is 17.7 Å². The zero-order valence-corrected chi connectivity index (χ0v) is 32.6. The number of aliphatic hydroxyl groups is 1. The molecule has 4 aliphatic rings. The van der Waals surface area contributed by atoms with Gasteiger partial charge >= 0.3 is 12.2 Å². The number of fused-ring (bicyclic) bond motifs is 3. The molecule has 1 aliphatic heterocycles. The molecular weight excluding hydrogens is 704 g/mol. The fourth-order valence-electron chi connectivity index (χ4n) is 8.48. The topological polar surface area (TPSA) is 218 Å². The van der Waals surface area contributed by atoms with Gasteiger partial charge in [0.25, 0.3) is 0 Å². The zero-order chi connectivity index (χ0) is 39.6. The van der Waals surface area contributed by atoms with Crippen molar-refractivity contribution in [2.45, 2.75) is 126 Å². The molecule has 3 saturated carbocycles. The van der Waals surface area contributed by atoms with Crippen LogP contribution in [0.1, 0.15) is 120 Å². The normalized spacial score (nSPS) is 22.6. The van der Waals surface area contributed by atoms with Crippen LogP contribution in [0.25, 0.3) is 11.3 Å². The Bertz CT molecular complexity index is 1730. The van der Waals surface area contributed by atoms with E-state index in [1.165, 1.54) is 25.5 Å². The van der Waals surface area contributed by atoms with E-state index in [-0.39, 0.29) is 35.1 Å². The van der Waals surface area contributed by atoms with Crippen molar-refractivity contribution in [3.63, 3.8) is 0 Å². The number of ether oxygens (including phenoxy) is 2. The van der Waals surface area contributed by atoms with E-state index in [1.54, 1.807) is 6.92 Å². The standard InChI is InChI=1S/C38H53N7O5.C2H5NO2/c1-4-28(43-36(49)50-3)35(48)45-21-7-8-30(45)34-41-24-31(44-34)38-17-14-37(15-18-38,16-19-38)27-12-10-26(11-13-27)29-23-40-32(42-29)9-5-6-20-39-33(47)22-25(2)46;1-5-2(3)4/h10-13,23-25,28,30,46H,4-9,14-22H2,1-3H3,(H,39,47)(H,40,42)(H,41,44)(H,43,49);1H3,(H2,3,4). The number of methoxy groups -OCH3 is 2. The first-order chi connectivity index (χ1) is 26.4. The van der Waals surface area contributed by atoms with Crippen LogP contribution < -0.4 is 16.4 Å². The third kappa shape index (κ3) is 10.0. The number of nitrogens with one attached hydrogen (secondary N) is 4. The Morgan fingerprint density at radius 1 is 0.982 bits per heavy atom. The molecule has 3 heterocycles. The third-order valence-electron chi connectivity index (χ3n) is 11.7. The minimum absolute atomic E-state index is 0.0834. The number of unbranched alkanes of at least 4 members (excludes halogenated alkanes) is 1. The number of carbonyl (C=O) groups is 4. The van der Waals surface area contributed by atoms with Crippen LogP contribution in [0.3, 0.4) is 0 Å². The van der Waals surface area contributed by atoms with Crippen LogP contribution >= 0.6 is 0 Å². The second-order valence-corrected chi connectivity index (χ2v) is 15.2. The number of imidazole rings is 2. The number of hydrogen-bond donors (Lipinski definition) is 6. The quantitative estimate of drug-likeness (QED) is 0.121. The molecule has 2 aromatic heterocycles. The number of carbonyl (C=O) groups excluding carboxylic acids is 4. The van der Waals surface area contributed by atoms with Crippen LogP contribution in [0, 0.1) is 0 Å². The maximum absolute atomic E-state index is 13.4. The number of benzene rings is 1. The molecule has 1 saturated heterocycles. The molecule has 55 heavy (non-hydrogen) atoms. The van der Waals surface area contributed by atoms with Crippen molar-refractivity contribution in [1.82, 2.24) is 35.5 Å². The average Bonchev–Trinajstić information content (AvgIpc) is 3.99. The van der Waals surface area contributed by atoms with Crippen LogP contribution in [0.5, 0.6) is 0 Å². The first kappa shape index (κ1) is 41.2. The van der Waals surface area contributed by atoms with Crippen LogP contribution in [0.15, 0.2) is 36.7 Å². The summed E-state index contributed by atoms with van der Waals surface area (Å²) < 4.78 is 8.63. The van der Waals surface area contributed by atoms with Crippen LogP contribution in [-0.2, 0) is 36.3 Å². The summed E-state index contributed by atoms with van der Waals surface area (Å²) in [5.41, 5.74) is 9.49. The molecule has 300 valence electrons. The number of alkyl carbamates (subject to hydrolysis) is 1. The van der Waals surface area contributed by atoms with Gasteiger partial charge in [-0.25, -0.2) is 19.6 Å². The molecule has 0 radical (unpaired) electrons. The number of H-pyrrole nitrogens is 2. The second-order valence-electron chi connectivity index (χ2n) is 15.2. The number of nitrogens with two attached hydrogens (primary N) is 1. The van der Waals surface area contributed by atoms with Gasteiger partial charge in [-0.15, -0.1) is 0 Å². The van der Waals surface area contributed by atoms with E-state index in [1.807, 2.05) is 24.2 Å². The molecule has 4 amide bonds. The lowest BCUT2D eigenvalue weighted by Crippen LogP contribution is -2.48. The van der Waals surface area contributed by atoms with Crippen molar-refractivity contribution in [2.75, 3.05) is 27.3 Å². The molecule has 3 aliphatic carbocycles. The number of likely N-dealkylation sites (tertiary alicyclic amines) is 1. The predicted molar refractivity (Wildman–Crippen MR) is 206 cm³/mol. The molecule has 7 N–H and O–H groups in total. The summed E-state index contributed by atoms with van der Waals surface area (Å²) in [6, 6.07) is 8.33. The fraction of sp³-hybridized carbons (Fsp3) is 0.600. The lowest BCUT2D eigenvalue weighted by molar-refractivity contribution is -0.134. The highest BCUT2D eigenvalue weighted by atomic mass is 16.5. The van der Waals surface area contributed by atoms with Crippen molar-refractivity contribution >= 4 is 24.0 Å². The third-order valence-corrected chi connectivity index (χ3v) is 11.7. The minimum Gasteiger partial charge on any atom is -0.453 e. The molecule has 3 atom stereocenters. The number of primary amides is 1. The van der Waals surface area contributed by atoms with Gasteiger partial charge in [0, 0.05) is 36.8 Å². The van der Waals surface area contributed by atoms with Crippen molar-refractivity contribution in [2.24, 2.45) is 5.73 Å². The Labute approximate surface area is 322 Å². The summed E-state index contributed by atoms with van der Waals surface area (Å²) in [6.07, 6.45) is 13.7. The first-order valence-electron chi connectivity index (χ1n) is 19.6. The lowest BCUT2D eigenvalue weighted by atomic mass is 9.51. The summed E-state index contributed by atoms with van der Waals surface area (Å²) in [5.74, 6) is 1.60. The number of aromatic amines is 2. The smallest absolute Gasteiger partial charge is 0.407 e. The van der Waals surface area contributed by atoms with E-state index >= 15 is 0 Å². The fourth-order valence-corrected chi connectivity index (χ4v) is 8.48. The van der Waals surface area contributed by atoms with E-state index in [2.05, 4.69) is 60.3 Å². The Kier molecular flexibility index (Phi) is 14.0. The Morgan fingerprint density at radius 2 is 1.65 bits per heavy atom.